The lowest BCUT2D eigenvalue weighted by Crippen LogP contribution is -1.71. The SMILES string of the molecule is Brc1cn(I)c2ccccc12. The maximum atomic E-state index is 3.49. The maximum absolute atomic E-state index is 3.49. The predicted molar refractivity (Wildman–Crippen MR) is 59.1 cm³/mol. The van der Waals surface area contributed by atoms with Gasteiger partial charge < -0.3 is 0 Å². The van der Waals surface area contributed by atoms with E-state index in [4.69, 9.17) is 0 Å². The summed E-state index contributed by atoms with van der Waals surface area (Å²) in [6.45, 7) is 0. The predicted octanol–water partition coefficient (Wildman–Crippen LogP) is 3.60. The molecule has 0 N–H and O–H groups in total. The lowest BCUT2D eigenvalue weighted by atomic mass is 10.3. The molecule has 1 heterocycles. The average molecular weight is 322 g/mol. The molecule has 0 saturated carbocycles. The molecule has 11 heavy (non-hydrogen) atoms. The van der Waals surface area contributed by atoms with Crippen molar-refractivity contribution in [3.63, 3.8) is 0 Å². The molecule has 2 aromatic rings. The molecule has 1 aromatic carbocycles. The first-order valence-electron chi connectivity index (χ1n) is 3.21. The van der Waals surface area contributed by atoms with Gasteiger partial charge in [-0.2, -0.15) is 0 Å². The summed E-state index contributed by atoms with van der Waals surface area (Å²) >= 11 is 5.76. The third-order valence-corrected chi connectivity index (χ3v) is 3.05. The molecule has 0 unspecified atom stereocenters. The van der Waals surface area contributed by atoms with Crippen molar-refractivity contribution >= 4 is 49.7 Å². The number of rotatable bonds is 0. The quantitative estimate of drug-likeness (QED) is 0.653. The van der Waals surface area contributed by atoms with Gasteiger partial charge in [0.05, 0.1) is 28.4 Å². The van der Waals surface area contributed by atoms with Gasteiger partial charge in [0.25, 0.3) is 0 Å². The lowest BCUT2D eigenvalue weighted by Gasteiger charge is -1.90. The Labute approximate surface area is 87.0 Å². The molecule has 0 bridgehead atoms. The molecule has 0 radical (unpaired) electrons. The normalized spacial score (nSPS) is 10.7. The van der Waals surface area contributed by atoms with Gasteiger partial charge >= 0.3 is 0 Å². The van der Waals surface area contributed by atoms with Gasteiger partial charge in [-0.15, -0.1) is 0 Å². The molecule has 0 amide bonds. The summed E-state index contributed by atoms with van der Waals surface area (Å²) in [6, 6.07) is 8.30. The third-order valence-electron chi connectivity index (χ3n) is 1.62. The molecule has 0 aliphatic rings. The van der Waals surface area contributed by atoms with Gasteiger partial charge in [-0.3, -0.25) is 2.78 Å². The van der Waals surface area contributed by atoms with E-state index in [1.54, 1.807) is 0 Å². The van der Waals surface area contributed by atoms with Crippen LogP contribution in [0.1, 0.15) is 0 Å². The van der Waals surface area contributed by atoms with Gasteiger partial charge in [-0.25, -0.2) is 0 Å². The monoisotopic (exact) mass is 321 g/mol. The second-order valence-electron chi connectivity index (χ2n) is 2.31. The van der Waals surface area contributed by atoms with Crippen molar-refractivity contribution in [1.82, 2.24) is 2.78 Å². The zero-order valence-electron chi connectivity index (χ0n) is 5.59. The number of hydrogen-bond donors (Lipinski definition) is 0. The Morgan fingerprint density at radius 1 is 1.27 bits per heavy atom. The number of fused-ring (bicyclic) bond motifs is 1. The highest BCUT2D eigenvalue weighted by atomic mass is 127. The van der Waals surface area contributed by atoms with E-state index in [1.165, 1.54) is 10.9 Å². The van der Waals surface area contributed by atoms with Crippen LogP contribution in [0.15, 0.2) is 34.9 Å². The lowest BCUT2D eigenvalue weighted by molar-refractivity contribution is 1.42. The fourth-order valence-electron chi connectivity index (χ4n) is 1.10. The highest BCUT2D eigenvalue weighted by molar-refractivity contribution is 14.1. The van der Waals surface area contributed by atoms with E-state index < -0.39 is 0 Å². The minimum Gasteiger partial charge on any atom is -0.288 e. The molecule has 56 valence electrons. The van der Waals surface area contributed by atoms with Crippen LogP contribution in [0.25, 0.3) is 10.9 Å². The van der Waals surface area contributed by atoms with Crippen molar-refractivity contribution in [2.24, 2.45) is 0 Å². The fourth-order valence-corrected chi connectivity index (χ4v) is 2.72. The number of aromatic nitrogens is 1. The van der Waals surface area contributed by atoms with E-state index in [9.17, 15) is 0 Å². The van der Waals surface area contributed by atoms with E-state index in [1.807, 2.05) is 12.1 Å². The van der Waals surface area contributed by atoms with Crippen LogP contribution in [0.2, 0.25) is 0 Å². The Kier molecular flexibility index (Phi) is 1.93. The van der Waals surface area contributed by atoms with Crippen LogP contribution in [0, 0.1) is 0 Å². The van der Waals surface area contributed by atoms with Crippen LogP contribution in [0.5, 0.6) is 0 Å². The summed E-state index contributed by atoms with van der Waals surface area (Å²) in [6.07, 6.45) is 2.06. The topological polar surface area (TPSA) is 4.93 Å². The van der Waals surface area contributed by atoms with Crippen LogP contribution >= 0.6 is 38.8 Å². The molecule has 0 aliphatic carbocycles. The average Bonchev–Trinajstić information content (AvgIpc) is 2.30. The van der Waals surface area contributed by atoms with E-state index >= 15 is 0 Å². The van der Waals surface area contributed by atoms with Crippen molar-refractivity contribution in [2.75, 3.05) is 0 Å². The Morgan fingerprint density at radius 2 is 2.00 bits per heavy atom. The van der Waals surface area contributed by atoms with Crippen LogP contribution in [-0.4, -0.2) is 2.78 Å². The van der Waals surface area contributed by atoms with Gasteiger partial charge in [0, 0.05) is 16.1 Å². The summed E-state index contributed by atoms with van der Waals surface area (Å²) in [5.74, 6) is 0. The summed E-state index contributed by atoms with van der Waals surface area (Å²) in [5.41, 5.74) is 1.25. The van der Waals surface area contributed by atoms with Crippen molar-refractivity contribution in [3.05, 3.63) is 34.9 Å². The smallest absolute Gasteiger partial charge is 0.0640 e. The molecule has 0 spiro atoms. The van der Waals surface area contributed by atoms with Gasteiger partial charge in [0.2, 0.25) is 0 Å². The van der Waals surface area contributed by atoms with Crippen LogP contribution in [-0.2, 0) is 0 Å². The Morgan fingerprint density at radius 3 is 2.73 bits per heavy atom. The van der Waals surface area contributed by atoms with Gasteiger partial charge in [0.1, 0.15) is 0 Å². The highest BCUT2D eigenvalue weighted by Gasteiger charge is 2.01. The standard InChI is InChI=1S/C8H5BrIN/c9-7-5-11(10)8-4-2-1-3-6(7)8/h1-5H. The van der Waals surface area contributed by atoms with Crippen LogP contribution in [0.3, 0.4) is 0 Å². The van der Waals surface area contributed by atoms with Crippen molar-refractivity contribution in [3.8, 4) is 0 Å². The first kappa shape index (κ1) is 7.61. The molecule has 1 aromatic heterocycles. The van der Waals surface area contributed by atoms with E-state index in [-0.39, 0.29) is 0 Å². The zero-order valence-corrected chi connectivity index (χ0v) is 9.33. The maximum Gasteiger partial charge on any atom is 0.0640 e. The van der Waals surface area contributed by atoms with Gasteiger partial charge in [-0.05, 0) is 22.0 Å². The molecule has 0 aliphatic heterocycles. The summed E-state index contributed by atoms with van der Waals surface area (Å²) in [4.78, 5) is 0. The van der Waals surface area contributed by atoms with Crippen molar-refractivity contribution in [2.45, 2.75) is 0 Å². The summed E-state index contributed by atoms with van der Waals surface area (Å²) in [7, 11) is 0. The summed E-state index contributed by atoms with van der Waals surface area (Å²) in [5, 5.41) is 1.27. The number of benzene rings is 1. The molecule has 0 atom stereocenters. The Bertz CT molecular complexity index is 358. The van der Waals surface area contributed by atoms with Crippen LogP contribution < -0.4 is 0 Å². The highest BCUT2D eigenvalue weighted by Crippen LogP contribution is 2.26. The Hall–Kier alpha value is -0.0300. The van der Waals surface area contributed by atoms with E-state index in [0.717, 1.165) is 4.47 Å². The summed E-state index contributed by atoms with van der Waals surface area (Å²) < 4.78 is 3.24. The number of nitrogens with zero attached hydrogens (tertiary/aromatic N) is 1. The molecular weight excluding hydrogens is 317 g/mol. The number of para-hydroxylation sites is 1. The fraction of sp³-hybridized carbons (Fsp3) is 0. The van der Waals surface area contributed by atoms with Crippen LogP contribution in [0.4, 0.5) is 0 Å². The largest absolute Gasteiger partial charge is 0.288 e. The molecule has 0 saturated heterocycles. The molecule has 1 nitrogen and oxygen atoms in total. The molecular formula is C8H5BrIN. The second kappa shape index (κ2) is 2.79. The number of halogens is 2. The minimum absolute atomic E-state index is 1.16. The second-order valence-corrected chi connectivity index (χ2v) is 4.20. The zero-order chi connectivity index (χ0) is 7.84. The molecule has 2 rings (SSSR count). The minimum atomic E-state index is 1.16. The molecule has 0 fully saturated rings. The van der Waals surface area contributed by atoms with Crippen molar-refractivity contribution < 1.29 is 0 Å². The van der Waals surface area contributed by atoms with E-state index in [0.29, 0.717) is 0 Å². The van der Waals surface area contributed by atoms with Gasteiger partial charge in [-0.1, -0.05) is 18.2 Å². The Balaban J connectivity index is 2.95. The first-order valence-corrected chi connectivity index (χ1v) is 4.96. The van der Waals surface area contributed by atoms with Crippen molar-refractivity contribution in [1.29, 1.82) is 0 Å². The first-order chi connectivity index (χ1) is 5.29. The van der Waals surface area contributed by atoms with Gasteiger partial charge in [0.15, 0.2) is 0 Å². The van der Waals surface area contributed by atoms with E-state index in [2.05, 4.69) is 59.9 Å². The third kappa shape index (κ3) is 1.20. The number of hydrogen-bond acceptors (Lipinski definition) is 0. The molecule has 3 heteroatoms.